The first-order chi connectivity index (χ1) is 13.6. The number of rotatable bonds is 2. The highest BCUT2D eigenvalue weighted by molar-refractivity contribution is 6.39. The molecule has 1 N–H and O–H groups in total. The van der Waals surface area contributed by atoms with Gasteiger partial charge in [0.1, 0.15) is 0 Å². The van der Waals surface area contributed by atoms with Crippen molar-refractivity contribution in [3.63, 3.8) is 0 Å². The highest BCUT2D eigenvalue weighted by atomic mass is 16.2. The monoisotopic (exact) mass is 378 g/mol. The van der Waals surface area contributed by atoms with Gasteiger partial charge in [0.25, 0.3) is 0 Å². The number of carbonyl (C=O) groups excluding carboxylic acids is 2. The minimum atomic E-state index is -0.577. The number of anilines is 2. The molecule has 2 aromatic rings. The lowest BCUT2D eigenvalue weighted by atomic mass is 10.00. The SMILES string of the molecule is CN1CCN(c2ccc(NC(=O)C(=O)N3CCc4ccccc4C3)cc2)CC1. The Hall–Kier alpha value is -2.86. The van der Waals surface area contributed by atoms with E-state index in [1.807, 2.05) is 42.5 Å². The van der Waals surface area contributed by atoms with E-state index in [-0.39, 0.29) is 0 Å². The summed E-state index contributed by atoms with van der Waals surface area (Å²) in [6.45, 7) is 5.16. The van der Waals surface area contributed by atoms with Crippen LogP contribution in [0.2, 0.25) is 0 Å². The Morgan fingerprint density at radius 2 is 1.54 bits per heavy atom. The standard InChI is InChI=1S/C22H26N4O2/c1-24-12-14-25(15-13-24)20-8-6-19(7-9-20)23-21(27)22(28)26-11-10-17-4-2-3-5-18(17)16-26/h2-9H,10-16H2,1H3,(H,23,27). The fourth-order valence-electron chi connectivity index (χ4n) is 3.82. The molecule has 0 saturated carbocycles. The smallest absolute Gasteiger partial charge is 0.313 e. The van der Waals surface area contributed by atoms with Crippen LogP contribution < -0.4 is 10.2 Å². The Balaban J connectivity index is 1.35. The van der Waals surface area contributed by atoms with Crippen LogP contribution in [0.4, 0.5) is 11.4 Å². The molecule has 0 unspecified atom stereocenters. The number of fused-ring (bicyclic) bond motifs is 1. The van der Waals surface area contributed by atoms with E-state index in [1.165, 1.54) is 5.56 Å². The van der Waals surface area contributed by atoms with Gasteiger partial charge in [-0.2, -0.15) is 0 Å². The van der Waals surface area contributed by atoms with E-state index in [0.717, 1.165) is 43.9 Å². The predicted octanol–water partition coefficient (Wildman–Crippen LogP) is 1.96. The minimum absolute atomic E-state index is 0.474. The Labute approximate surface area is 165 Å². The van der Waals surface area contributed by atoms with Gasteiger partial charge in [-0.1, -0.05) is 24.3 Å². The molecule has 0 atom stereocenters. The minimum Gasteiger partial charge on any atom is -0.369 e. The van der Waals surface area contributed by atoms with Crippen molar-refractivity contribution >= 4 is 23.2 Å². The quantitative estimate of drug-likeness (QED) is 0.812. The molecule has 28 heavy (non-hydrogen) atoms. The van der Waals surface area contributed by atoms with Gasteiger partial charge >= 0.3 is 11.8 Å². The van der Waals surface area contributed by atoms with E-state index in [1.54, 1.807) is 4.90 Å². The highest BCUT2D eigenvalue weighted by Crippen LogP contribution is 2.21. The second-order valence-electron chi connectivity index (χ2n) is 7.54. The van der Waals surface area contributed by atoms with Gasteiger partial charge < -0.3 is 20.0 Å². The van der Waals surface area contributed by atoms with Crippen LogP contribution in [0.3, 0.4) is 0 Å². The molecule has 146 valence electrons. The second-order valence-corrected chi connectivity index (χ2v) is 7.54. The number of nitrogens with zero attached hydrogens (tertiary/aromatic N) is 3. The third-order valence-corrected chi connectivity index (χ3v) is 5.61. The molecule has 2 aliphatic heterocycles. The van der Waals surface area contributed by atoms with E-state index in [4.69, 9.17) is 0 Å². The van der Waals surface area contributed by atoms with E-state index in [0.29, 0.717) is 18.8 Å². The molecule has 1 saturated heterocycles. The molecule has 0 spiro atoms. The summed E-state index contributed by atoms with van der Waals surface area (Å²) in [5.41, 5.74) is 4.16. The lowest BCUT2D eigenvalue weighted by Crippen LogP contribution is -2.44. The molecule has 6 nitrogen and oxygen atoms in total. The third-order valence-electron chi connectivity index (χ3n) is 5.61. The van der Waals surface area contributed by atoms with Crippen molar-refractivity contribution in [2.24, 2.45) is 0 Å². The molecule has 2 heterocycles. The van der Waals surface area contributed by atoms with Crippen molar-refractivity contribution < 1.29 is 9.59 Å². The summed E-state index contributed by atoms with van der Waals surface area (Å²) >= 11 is 0. The zero-order valence-electron chi connectivity index (χ0n) is 16.2. The van der Waals surface area contributed by atoms with E-state index < -0.39 is 11.8 Å². The van der Waals surface area contributed by atoms with Gasteiger partial charge in [0.15, 0.2) is 0 Å². The maximum Gasteiger partial charge on any atom is 0.313 e. The normalized spacial score (nSPS) is 17.2. The maximum absolute atomic E-state index is 12.6. The van der Waals surface area contributed by atoms with Crippen molar-refractivity contribution in [3.05, 3.63) is 59.7 Å². The summed E-state index contributed by atoms with van der Waals surface area (Å²) in [6.07, 6.45) is 0.787. The fourth-order valence-corrected chi connectivity index (χ4v) is 3.82. The van der Waals surface area contributed by atoms with Crippen molar-refractivity contribution in [2.45, 2.75) is 13.0 Å². The molecular weight excluding hydrogens is 352 g/mol. The van der Waals surface area contributed by atoms with Crippen molar-refractivity contribution in [1.29, 1.82) is 0 Å². The molecule has 0 radical (unpaired) electrons. The number of amides is 2. The molecule has 0 aromatic heterocycles. The van der Waals surface area contributed by atoms with Crippen LogP contribution >= 0.6 is 0 Å². The van der Waals surface area contributed by atoms with Gasteiger partial charge in [0.05, 0.1) is 0 Å². The van der Waals surface area contributed by atoms with E-state index in [2.05, 4.69) is 28.2 Å². The zero-order chi connectivity index (χ0) is 19.5. The first kappa shape index (κ1) is 18.5. The third kappa shape index (κ3) is 4.02. The molecule has 6 heteroatoms. The van der Waals surface area contributed by atoms with E-state index >= 15 is 0 Å². The highest BCUT2D eigenvalue weighted by Gasteiger charge is 2.25. The van der Waals surface area contributed by atoms with Crippen molar-refractivity contribution in [2.75, 3.05) is 50.0 Å². The topological polar surface area (TPSA) is 55.9 Å². The summed E-state index contributed by atoms with van der Waals surface area (Å²) < 4.78 is 0. The number of hydrogen-bond donors (Lipinski definition) is 1. The Kier molecular flexibility index (Phi) is 5.30. The van der Waals surface area contributed by atoms with E-state index in [9.17, 15) is 9.59 Å². The number of hydrogen-bond acceptors (Lipinski definition) is 4. The molecule has 2 amide bonds. The number of carbonyl (C=O) groups is 2. The summed E-state index contributed by atoms with van der Waals surface area (Å²) in [7, 11) is 2.13. The molecule has 0 aliphatic carbocycles. The van der Waals surface area contributed by atoms with Gasteiger partial charge in [0.2, 0.25) is 0 Å². The number of likely N-dealkylation sites (N-methyl/N-ethyl adjacent to an activating group) is 1. The Bertz CT molecular complexity index is 857. The Morgan fingerprint density at radius 1 is 0.857 bits per heavy atom. The van der Waals surface area contributed by atoms with Gasteiger partial charge in [-0.3, -0.25) is 9.59 Å². The van der Waals surface area contributed by atoms with Crippen LogP contribution in [-0.2, 0) is 22.6 Å². The second kappa shape index (κ2) is 8.02. The molecule has 2 aromatic carbocycles. The summed E-state index contributed by atoms with van der Waals surface area (Å²) in [4.78, 5) is 31.3. The van der Waals surface area contributed by atoms with Gasteiger partial charge in [-0.25, -0.2) is 0 Å². The number of piperazine rings is 1. The van der Waals surface area contributed by atoms with Crippen LogP contribution in [-0.4, -0.2) is 61.4 Å². The summed E-state index contributed by atoms with van der Waals surface area (Å²) in [5, 5.41) is 2.74. The molecule has 0 bridgehead atoms. The number of nitrogens with one attached hydrogen (secondary N) is 1. The first-order valence-electron chi connectivity index (χ1n) is 9.81. The fraction of sp³-hybridized carbons (Fsp3) is 0.364. The van der Waals surface area contributed by atoms with Crippen LogP contribution in [0.5, 0.6) is 0 Å². The molecular formula is C22H26N4O2. The number of benzene rings is 2. The maximum atomic E-state index is 12.6. The average molecular weight is 378 g/mol. The zero-order valence-corrected chi connectivity index (χ0v) is 16.2. The average Bonchev–Trinajstić information content (AvgIpc) is 2.74. The van der Waals surface area contributed by atoms with Crippen LogP contribution in [0.25, 0.3) is 0 Å². The van der Waals surface area contributed by atoms with Crippen LogP contribution in [0, 0.1) is 0 Å². The Morgan fingerprint density at radius 3 is 2.25 bits per heavy atom. The summed E-state index contributed by atoms with van der Waals surface area (Å²) in [6, 6.07) is 15.8. The predicted molar refractivity (Wildman–Crippen MR) is 110 cm³/mol. The van der Waals surface area contributed by atoms with Crippen molar-refractivity contribution in [1.82, 2.24) is 9.80 Å². The van der Waals surface area contributed by atoms with Gasteiger partial charge in [-0.15, -0.1) is 0 Å². The van der Waals surface area contributed by atoms with Crippen molar-refractivity contribution in [3.8, 4) is 0 Å². The summed E-state index contributed by atoms with van der Waals surface area (Å²) in [5.74, 6) is -1.05. The lowest BCUT2D eigenvalue weighted by molar-refractivity contribution is -0.143. The van der Waals surface area contributed by atoms with Crippen LogP contribution in [0.15, 0.2) is 48.5 Å². The molecule has 2 aliphatic rings. The molecule has 4 rings (SSSR count). The van der Waals surface area contributed by atoms with Gasteiger partial charge in [0, 0.05) is 50.6 Å². The first-order valence-corrected chi connectivity index (χ1v) is 9.81. The van der Waals surface area contributed by atoms with Crippen LogP contribution in [0.1, 0.15) is 11.1 Å². The largest absolute Gasteiger partial charge is 0.369 e. The van der Waals surface area contributed by atoms with Gasteiger partial charge in [-0.05, 0) is 48.9 Å². The lowest BCUT2D eigenvalue weighted by Gasteiger charge is -2.34. The molecule has 1 fully saturated rings.